The number of nitrogens with one attached hydrogen (secondary N) is 1. The second kappa shape index (κ2) is 8.50. The van der Waals surface area contributed by atoms with Gasteiger partial charge in [-0.3, -0.25) is 13.8 Å². The highest BCUT2D eigenvalue weighted by molar-refractivity contribution is 7.93. The third-order valence-electron chi connectivity index (χ3n) is 4.88. The second-order valence-electron chi connectivity index (χ2n) is 7.54. The fourth-order valence-electron chi connectivity index (χ4n) is 3.54. The predicted molar refractivity (Wildman–Crippen MR) is 118 cm³/mol. The van der Waals surface area contributed by atoms with E-state index in [-0.39, 0.29) is 10.6 Å². The summed E-state index contributed by atoms with van der Waals surface area (Å²) in [4.78, 5) is 12.8. The lowest BCUT2D eigenvalue weighted by atomic mass is 10.1. The van der Waals surface area contributed by atoms with Crippen molar-refractivity contribution in [1.82, 2.24) is 9.78 Å². The molecule has 2 aromatic carbocycles. The smallest absolute Gasteiger partial charge is 0.268 e. The molecule has 0 atom stereocenters. The third kappa shape index (κ3) is 4.77. The molecule has 1 heterocycles. The molecule has 3 rings (SSSR count). The van der Waals surface area contributed by atoms with Gasteiger partial charge in [0.2, 0.25) is 5.91 Å². The van der Waals surface area contributed by atoms with Crippen LogP contribution in [0.3, 0.4) is 0 Å². The summed E-state index contributed by atoms with van der Waals surface area (Å²) in [5.74, 6) is -1.09. The van der Waals surface area contributed by atoms with Crippen LogP contribution in [0.15, 0.2) is 47.4 Å². The molecule has 0 radical (unpaired) electrons. The van der Waals surface area contributed by atoms with E-state index in [0.29, 0.717) is 17.1 Å². The van der Waals surface area contributed by atoms with Crippen LogP contribution in [0.2, 0.25) is 0 Å². The summed E-state index contributed by atoms with van der Waals surface area (Å²) in [6.07, 6.45) is 0. The summed E-state index contributed by atoms with van der Waals surface area (Å²) in [5, 5.41) is 6.78. The Balaban J connectivity index is 2.05. The average Bonchev–Trinajstić information content (AvgIpc) is 2.91. The summed E-state index contributed by atoms with van der Waals surface area (Å²) in [7, 11) is -2.44. The minimum atomic E-state index is -4.11. The van der Waals surface area contributed by atoms with Gasteiger partial charge in [0.15, 0.2) is 0 Å². The van der Waals surface area contributed by atoms with Crippen LogP contribution in [0.1, 0.15) is 22.5 Å². The molecule has 0 aliphatic heterocycles. The molecule has 31 heavy (non-hydrogen) atoms. The van der Waals surface area contributed by atoms with Crippen molar-refractivity contribution in [1.29, 1.82) is 0 Å². The van der Waals surface area contributed by atoms with Gasteiger partial charge in [0, 0.05) is 12.7 Å². The van der Waals surface area contributed by atoms with E-state index in [1.54, 1.807) is 33.0 Å². The van der Waals surface area contributed by atoms with Crippen LogP contribution >= 0.6 is 0 Å². The van der Waals surface area contributed by atoms with E-state index >= 15 is 0 Å². The molecular weight excluding hydrogens is 419 g/mol. The van der Waals surface area contributed by atoms with E-state index < -0.39 is 28.3 Å². The Morgan fingerprint density at radius 1 is 1.10 bits per heavy atom. The van der Waals surface area contributed by atoms with Gasteiger partial charge in [0.25, 0.3) is 10.0 Å². The van der Waals surface area contributed by atoms with Gasteiger partial charge in [-0.25, -0.2) is 12.8 Å². The van der Waals surface area contributed by atoms with Crippen molar-refractivity contribution in [3.8, 4) is 0 Å². The van der Waals surface area contributed by atoms with Crippen LogP contribution in [0.4, 0.5) is 15.8 Å². The molecule has 0 aliphatic rings. The van der Waals surface area contributed by atoms with Crippen molar-refractivity contribution in [3.63, 3.8) is 0 Å². The summed E-state index contributed by atoms with van der Waals surface area (Å²) in [6.45, 7) is 6.52. The van der Waals surface area contributed by atoms with Gasteiger partial charge in [0.1, 0.15) is 17.3 Å². The van der Waals surface area contributed by atoms with E-state index in [9.17, 15) is 17.6 Å². The Labute approximate surface area is 181 Å². The Kier molecular flexibility index (Phi) is 6.17. The average molecular weight is 445 g/mol. The number of sulfonamides is 1. The molecular formula is C22H25FN4O3S. The Morgan fingerprint density at radius 3 is 2.29 bits per heavy atom. The van der Waals surface area contributed by atoms with Gasteiger partial charge in [-0.15, -0.1) is 0 Å². The van der Waals surface area contributed by atoms with Crippen molar-refractivity contribution in [2.24, 2.45) is 7.05 Å². The Morgan fingerprint density at radius 2 is 1.74 bits per heavy atom. The van der Waals surface area contributed by atoms with Crippen molar-refractivity contribution >= 4 is 27.3 Å². The van der Waals surface area contributed by atoms with Crippen LogP contribution < -0.4 is 9.62 Å². The molecule has 0 saturated heterocycles. The molecule has 0 bridgehead atoms. The number of amides is 1. The highest BCUT2D eigenvalue weighted by atomic mass is 32.2. The quantitative estimate of drug-likeness (QED) is 0.629. The number of hydrogen-bond donors (Lipinski definition) is 1. The highest BCUT2D eigenvalue weighted by Crippen LogP contribution is 2.29. The van der Waals surface area contributed by atoms with Crippen molar-refractivity contribution in [2.75, 3.05) is 16.2 Å². The molecule has 3 aromatic rings. The largest absolute Gasteiger partial charge is 0.324 e. The van der Waals surface area contributed by atoms with Gasteiger partial charge in [-0.1, -0.05) is 12.1 Å². The van der Waals surface area contributed by atoms with Crippen LogP contribution in [0, 0.1) is 33.5 Å². The maximum atomic E-state index is 13.7. The lowest BCUT2D eigenvalue weighted by Crippen LogP contribution is -2.38. The molecule has 7 nitrogen and oxygen atoms in total. The van der Waals surface area contributed by atoms with Crippen molar-refractivity contribution < 1.29 is 17.6 Å². The minimum absolute atomic E-state index is 0.0627. The topological polar surface area (TPSA) is 84.3 Å². The number of halogens is 1. The zero-order chi connectivity index (χ0) is 22.9. The molecule has 0 spiro atoms. The number of benzene rings is 2. The van der Waals surface area contributed by atoms with E-state index in [2.05, 4.69) is 10.4 Å². The van der Waals surface area contributed by atoms with Crippen LogP contribution in [0.5, 0.6) is 0 Å². The number of nitrogens with zero attached hydrogens (tertiary/aromatic N) is 3. The molecule has 1 N–H and O–H groups in total. The number of aryl methyl sites for hydroxylation is 4. The zero-order valence-electron chi connectivity index (χ0n) is 18.1. The highest BCUT2D eigenvalue weighted by Gasteiger charge is 2.32. The molecule has 0 unspecified atom stereocenters. The van der Waals surface area contributed by atoms with E-state index in [1.165, 1.54) is 28.9 Å². The van der Waals surface area contributed by atoms with Crippen LogP contribution in [-0.4, -0.2) is 30.7 Å². The number of carbonyl (C=O) groups excluding carboxylic acids is 1. The van der Waals surface area contributed by atoms with Gasteiger partial charge in [-0.2, -0.15) is 5.10 Å². The number of rotatable bonds is 6. The maximum absolute atomic E-state index is 13.7. The minimum Gasteiger partial charge on any atom is -0.324 e. The molecule has 0 fully saturated rings. The third-order valence-corrected chi connectivity index (χ3v) is 6.91. The summed E-state index contributed by atoms with van der Waals surface area (Å²) in [5.41, 5.74) is 3.16. The monoisotopic (exact) mass is 444 g/mol. The molecule has 0 aliphatic carbocycles. The first-order valence-electron chi connectivity index (χ1n) is 9.65. The van der Waals surface area contributed by atoms with Gasteiger partial charge in [0.05, 0.1) is 17.1 Å². The van der Waals surface area contributed by atoms with Crippen molar-refractivity contribution in [2.45, 2.75) is 32.6 Å². The summed E-state index contributed by atoms with van der Waals surface area (Å²) < 4.78 is 43.4. The van der Waals surface area contributed by atoms with E-state index in [0.717, 1.165) is 15.4 Å². The summed E-state index contributed by atoms with van der Waals surface area (Å²) in [6, 6.07) is 10.8. The first-order chi connectivity index (χ1) is 14.5. The number of aromatic nitrogens is 2. The number of hydrogen-bond acceptors (Lipinski definition) is 4. The summed E-state index contributed by atoms with van der Waals surface area (Å²) >= 11 is 0. The lowest BCUT2D eigenvalue weighted by molar-refractivity contribution is -0.114. The first-order valence-corrected chi connectivity index (χ1v) is 11.1. The molecule has 1 aromatic heterocycles. The standard InChI is InChI=1S/C22H25FN4O3S/c1-14-9-15(2)11-20(10-14)27(13-21(28)24-19-8-6-7-18(23)12-19)31(29,30)22-16(3)25-26(5)17(22)4/h6-12H,13H2,1-5H3,(H,24,28). The Bertz CT molecular complexity index is 1230. The number of anilines is 2. The fourth-order valence-corrected chi connectivity index (χ4v) is 5.35. The first kappa shape index (κ1) is 22.5. The fraction of sp³-hybridized carbons (Fsp3) is 0.273. The molecule has 9 heteroatoms. The predicted octanol–water partition coefficient (Wildman–Crippen LogP) is 3.63. The van der Waals surface area contributed by atoms with Crippen molar-refractivity contribution in [3.05, 3.63) is 70.8 Å². The molecule has 164 valence electrons. The van der Waals surface area contributed by atoms with E-state index in [4.69, 9.17) is 0 Å². The molecule has 1 amide bonds. The van der Waals surface area contributed by atoms with Gasteiger partial charge >= 0.3 is 0 Å². The maximum Gasteiger partial charge on any atom is 0.268 e. The van der Waals surface area contributed by atoms with Crippen LogP contribution in [0.25, 0.3) is 0 Å². The van der Waals surface area contributed by atoms with Gasteiger partial charge < -0.3 is 5.32 Å². The molecule has 0 saturated carbocycles. The SMILES string of the molecule is Cc1cc(C)cc(N(CC(=O)Nc2cccc(F)c2)S(=O)(=O)c2c(C)nn(C)c2C)c1. The lowest BCUT2D eigenvalue weighted by Gasteiger charge is -2.25. The number of carbonyl (C=O) groups is 1. The van der Waals surface area contributed by atoms with Crippen LogP contribution in [-0.2, 0) is 21.9 Å². The second-order valence-corrected chi connectivity index (χ2v) is 9.34. The zero-order valence-corrected chi connectivity index (χ0v) is 18.9. The normalized spacial score (nSPS) is 11.4. The Hall–Kier alpha value is -3.20. The van der Waals surface area contributed by atoms with E-state index in [1.807, 2.05) is 19.9 Å². The van der Waals surface area contributed by atoms with Gasteiger partial charge in [-0.05, 0) is 69.2 Å².